The molecule has 0 fully saturated rings. The maximum absolute atomic E-state index is 13.1. The fourth-order valence-corrected chi connectivity index (χ4v) is 1.59. The molecule has 0 aliphatic carbocycles. The molecule has 2 nitrogen and oxygen atoms in total. The predicted molar refractivity (Wildman–Crippen MR) is 66.8 cm³/mol. The number of hydrogen-bond acceptors (Lipinski definition) is 2. The van der Waals surface area contributed by atoms with Crippen molar-refractivity contribution < 1.29 is 9.13 Å². The molecular weight excluding hydrogens is 217 g/mol. The third-order valence-corrected chi connectivity index (χ3v) is 2.56. The molecule has 2 rings (SSSR count). The number of ether oxygens (including phenoxy) is 1. The van der Waals surface area contributed by atoms with Gasteiger partial charge in [-0.15, -0.1) is 0 Å². The van der Waals surface area contributed by atoms with Gasteiger partial charge in [0, 0.05) is 5.69 Å². The van der Waals surface area contributed by atoms with Crippen molar-refractivity contribution >= 4 is 5.69 Å². The topological polar surface area (TPSA) is 35.2 Å². The minimum Gasteiger partial charge on any atom is -0.457 e. The summed E-state index contributed by atoms with van der Waals surface area (Å²) in [6, 6.07) is 10.1. The average molecular weight is 231 g/mol. The Morgan fingerprint density at radius 3 is 2.41 bits per heavy atom. The molecule has 17 heavy (non-hydrogen) atoms. The molecule has 0 atom stereocenters. The fraction of sp³-hybridized carbons (Fsp3) is 0.143. The first-order chi connectivity index (χ1) is 8.06. The fourth-order valence-electron chi connectivity index (χ4n) is 1.59. The van der Waals surface area contributed by atoms with E-state index in [0.717, 1.165) is 11.3 Å². The first kappa shape index (κ1) is 11.5. The highest BCUT2D eigenvalue weighted by atomic mass is 19.1. The molecular formula is C14H14FNO. The van der Waals surface area contributed by atoms with Crippen LogP contribution < -0.4 is 10.5 Å². The molecule has 2 N–H and O–H groups in total. The van der Waals surface area contributed by atoms with Crippen LogP contribution in [0, 0.1) is 19.7 Å². The van der Waals surface area contributed by atoms with E-state index in [4.69, 9.17) is 10.5 Å². The molecule has 2 aromatic carbocycles. The van der Waals surface area contributed by atoms with Crippen LogP contribution >= 0.6 is 0 Å². The highest BCUT2D eigenvalue weighted by Crippen LogP contribution is 2.27. The molecule has 0 saturated carbocycles. The van der Waals surface area contributed by atoms with Crippen molar-refractivity contribution in [2.45, 2.75) is 13.8 Å². The van der Waals surface area contributed by atoms with Crippen LogP contribution in [0.15, 0.2) is 36.4 Å². The van der Waals surface area contributed by atoms with E-state index >= 15 is 0 Å². The maximum atomic E-state index is 13.1. The van der Waals surface area contributed by atoms with Gasteiger partial charge in [0.2, 0.25) is 0 Å². The van der Waals surface area contributed by atoms with Crippen LogP contribution in [0.1, 0.15) is 11.1 Å². The lowest BCUT2D eigenvalue weighted by atomic mass is 10.2. The van der Waals surface area contributed by atoms with Gasteiger partial charge in [-0.2, -0.15) is 0 Å². The second kappa shape index (κ2) is 4.45. The summed E-state index contributed by atoms with van der Waals surface area (Å²) in [7, 11) is 0. The summed E-state index contributed by atoms with van der Waals surface area (Å²) < 4.78 is 18.8. The van der Waals surface area contributed by atoms with Gasteiger partial charge in [0.25, 0.3) is 0 Å². The Bertz CT molecular complexity index is 552. The molecule has 0 aromatic heterocycles. The van der Waals surface area contributed by atoms with E-state index in [0.29, 0.717) is 17.0 Å². The van der Waals surface area contributed by atoms with Crippen LogP contribution in [0.3, 0.4) is 0 Å². The Hall–Kier alpha value is -2.03. The summed E-state index contributed by atoms with van der Waals surface area (Å²) in [6.07, 6.45) is 0. The summed E-state index contributed by atoms with van der Waals surface area (Å²) in [5.74, 6) is 1.12. The van der Waals surface area contributed by atoms with E-state index in [1.54, 1.807) is 25.1 Å². The molecule has 0 unspecified atom stereocenters. The summed E-state index contributed by atoms with van der Waals surface area (Å²) >= 11 is 0. The number of nitrogens with two attached hydrogens (primary N) is 1. The highest BCUT2D eigenvalue weighted by Gasteiger charge is 2.04. The standard InChI is InChI=1S/C14H14FNO/c1-9-8-12(4-5-13(9)15)17-14-6-3-11(16)7-10(14)2/h3-8H,16H2,1-2H3. The van der Waals surface area contributed by atoms with Crippen molar-refractivity contribution in [2.75, 3.05) is 5.73 Å². The van der Waals surface area contributed by atoms with Crippen molar-refractivity contribution in [2.24, 2.45) is 0 Å². The number of benzene rings is 2. The van der Waals surface area contributed by atoms with Crippen molar-refractivity contribution in [3.63, 3.8) is 0 Å². The SMILES string of the molecule is Cc1cc(Oc2ccc(N)cc2C)ccc1F. The molecule has 0 aliphatic rings. The maximum Gasteiger partial charge on any atom is 0.130 e. The van der Waals surface area contributed by atoms with Crippen LogP contribution in [0.5, 0.6) is 11.5 Å². The van der Waals surface area contributed by atoms with Gasteiger partial charge in [-0.25, -0.2) is 4.39 Å². The minimum atomic E-state index is -0.230. The van der Waals surface area contributed by atoms with Gasteiger partial charge < -0.3 is 10.5 Å². The Morgan fingerprint density at radius 2 is 1.76 bits per heavy atom. The summed E-state index contributed by atoms with van der Waals surface area (Å²) in [5.41, 5.74) is 7.88. The molecule has 0 amide bonds. The highest BCUT2D eigenvalue weighted by molar-refractivity contribution is 5.48. The molecule has 0 heterocycles. The van der Waals surface area contributed by atoms with E-state index in [1.807, 2.05) is 19.1 Å². The minimum absolute atomic E-state index is 0.230. The smallest absolute Gasteiger partial charge is 0.130 e. The van der Waals surface area contributed by atoms with Crippen molar-refractivity contribution in [1.29, 1.82) is 0 Å². The largest absolute Gasteiger partial charge is 0.457 e. The average Bonchev–Trinajstić information content (AvgIpc) is 2.27. The quantitative estimate of drug-likeness (QED) is 0.797. The number of aryl methyl sites for hydroxylation is 2. The van der Waals surface area contributed by atoms with Gasteiger partial charge in [-0.3, -0.25) is 0 Å². The first-order valence-corrected chi connectivity index (χ1v) is 5.36. The third-order valence-electron chi connectivity index (χ3n) is 2.56. The van der Waals surface area contributed by atoms with Crippen molar-refractivity contribution in [3.8, 4) is 11.5 Å². The summed E-state index contributed by atoms with van der Waals surface area (Å²) in [4.78, 5) is 0. The van der Waals surface area contributed by atoms with Gasteiger partial charge in [-0.1, -0.05) is 0 Å². The third kappa shape index (κ3) is 2.56. The van der Waals surface area contributed by atoms with E-state index < -0.39 is 0 Å². The van der Waals surface area contributed by atoms with Crippen molar-refractivity contribution in [3.05, 3.63) is 53.3 Å². The zero-order valence-electron chi connectivity index (χ0n) is 9.83. The Morgan fingerprint density at radius 1 is 1.00 bits per heavy atom. The first-order valence-electron chi connectivity index (χ1n) is 5.36. The Labute approximate surface area is 99.8 Å². The van der Waals surface area contributed by atoms with Crippen molar-refractivity contribution in [1.82, 2.24) is 0 Å². The molecule has 0 spiro atoms. The number of rotatable bonds is 2. The predicted octanol–water partition coefficient (Wildman–Crippen LogP) is 3.82. The molecule has 0 aliphatic heterocycles. The van der Waals surface area contributed by atoms with Crippen LogP contribution in [-0.4, -0.2) is 0 Å². The lowest BCUT2D eigenvalue weighted by molar-refractivity contribution is 0.476. The number of halogens is 1. The van der Waals surface area contributed by atoms with Gasteiger partial charge in [0.15, 0.2) is 0 Å². The van der Waals surface area contributed by atoms with Gasteiger partial charge in [-0.05, 0) is 61.4 Å². The normalized spacial score (nSPS) is 10.3. The summed E-state index contributed by atoms with van der Waals surface area (Å²) in [6.45, 7) is 3.63. The van der Waals surface area contributed by atoms with E-state index in [2.05, 4.69) is 0 Å². The molecule has 0 bridgehead atoms. The monoisotopic (exact) mass is 231 g/mol. The zero-order valence-corrected chi connectivity index (χ0v) is 9.83. The van der Waals surface area contributed by atoms with E-state index in [1.165, 1.54) is 6.07 Å². The Kier molecular flexibility index (Phi) is 3.00. The van der Waals surface area contributed by atoms with Crippen LogP contribution in [-0.2, 0) is 0 Å². The van der Waals surface area contributed by atoms with Crippen LogP contribution in [0.2, 0.25) is 0 Å². The lowest BCUT2D eigenvalue weighted by Crippen LogP contribution is -1.91. The lowest BCUT2D eigenvalue weighted by Gasteiger charge is -2.10. The number of anilines is 1. The van der Waals surface area contributed by atoms with E-state index in [9.17, 15) is 4.39 Å². The van der Waals surface area contributed by atoms with Crippen LogP contribution in [0.25, 0.3) is 0 Å². The molecule has 88 valence electrons. The number of hydrogen-bond donors (Lipinski definition) is 1. The van der Waals surface area contributed by atoms with Gasteiger partial charge >= 0.3 is 0 Å². The number of nitrogen functional groups attached to an aromatic ring is 1. The summed E-state index contributed by atoms with van der Waals surface area (Å²) in [5, 5.41) is 0. The zero-order chi connectivity index (χ0) is 12.4. The second-order valence-corrected chi connectivity index (χ2v) is 4.04. The molecule has 2 aromatic rings. The Balaban J connectivity index is 2.28. The molecule has 3 heteroatoms. The van der Waals surface area contributed by atoms with Crippen LogP contribution in [0.4, 0.5) is 10.1 Å². The van der Waals surface area contributed by atoms with Gasteiger partial charge in [0.1, 0.15) is 17.3 Å². The van der Waals surface area contributed by atoms with Gasteiger partial charge in [0.05, 0.1) is 0 Å². The van der Waals surface area contributed by atoms with E-state index in [-0.39, 0.29) is 5.82 Å². The second-order valence-electron chi connectivity index (χ2n) is 4.04. The molecule has 0 radical (unpaired) electrons. The molecule has 0 saturated heterocycles.